The van der Waals surface area contributed by atoms with E-state index in [-0.39, 0.29) is 0 Å². The van der Waals surface area contributed by atoms with Crippen LogP contribution in [0.4, 0.5) is 0 Å². The van der Waals surface area contributed by atoms with Gasteiger partial charge in [-0.25, -0.2) is 0 Å². The van der Waals surface area contributed by atoms with Crippen molar-refractivity contribution in [3.63, 3.8) is 0 Å². The monoisotopic (exact) mass is 212 g/mol. The van der Waals surface area contributed by atoms with Crippen molar-refractivity contribution >= 4 is 11.3 Å². The number of rotatable bonds is 2. The maximum Gasteiger partial charge on any atom is 0.134 e. The molecule has 0 spiro atoms. The molecule has 0 aromatic carbocycles. The summed E-state index contributed by atoms with van der Waals surface area (Å²) in [5.41, 5.74) is 5.87. The first-order chi connectivity index (χ1) is 6.66. The van der Waals surface area contributed by atoms with Crippen molar-refractivity contribution in [2.45, 2.75) is 32.4 Å². The third-order valence-corrected chi connectivity index (χ3v) is 3.71. The molecule has 1 aliphatic heterocycles. The van der Waals surface area contributed by atoms with Crippen LogP contribution in [0.2, 0.25) is 0 Å². The fraction of sp³-hybridized carbons (Fsp3) is 0.778. The number of aryl methyl sites for hydroxylation is 1. The Labute approximate surface area is 88.1 Å². The van der Waals surface area contributed by atoms with E-state index in [1.807, 2.05) is 6.92 Å². The number of likely N-dealkylation sites (tertiary alicyclic amines) is 1. The van der Waals surface area contributed by atoms with E-state index in [1.165, 1.54) is 0 Å². The molecule has 0 bridgehead atoms. The summed E-state index contributed by atoms with van der Waals surface area (Å²) in [7, 11) is 0. The Balaban J connectivity index is 2.05. The summed E-state index contributed by atoms with van der Waals surface area (Å²) in [5, 5.41) is 10.4. The quantitative estimate of drug-likeness (QED) is 0.792. The van der Waals surface area contributed by atoms with Crippen LogP contribution in [0.5, 0.6) is 0 Å². The van der Waals surface area contributed by atoms with Crippen LogP contribution in [-0.2, 0) is 0 Å². The molecule has 1 fully saturated rings. The van der Waals surface area contributed by atoms with E-state index in [4.69, 9.17) is 5.73 Å². The van der Waals surface area contributed by atoms with Crippen LogP contribution in [-0.4, -0.2) is 34.2 Å². The van der Waals surface area contributed by atoms with E-state index < -0.39 is 0 Å². The molecule has 2 unspecified atom stereocenters. The minimum atomic E-state index is 0.339. The van der Waals surface area contributed by atoms with Crippen LogP contribution in [0.15, 0.2) is 0 Å². The summed E-state index contributed by atoms with van der Waals surface area (Å²) in [4.78, 5) is 2.38. The molecule has 0 radical (unpaired) electrons. The van der Waals surface area contributed by atoms with Gasteiger partial charge in [-0.15, -0.1) is 21.5 Å². The SMILES string of the molecule is Cc1nnc(C(C)N2CCC(N)C2)s1. The number of nitrogens with zero attached hydrogens (tertiary/aromatic N) is 3. The van der Waals surface area contributed by atoms with Crippen LogP contribution in [0.1, 0.15) is 29.4 Å². The van der Waals surface area contributed by atoms with Gasteiger partial charge in [0.15, 0.2) is 0 Å². The number of hydrogen-bond acceptors (Lipinski definition) is 5. The van der Waals surface area contributed by atoms with Gasteiger partial charge in [0.1, 0.15) is 10.0 Å². The Kier molecular flexibility index (Phi) is 2.80. The highest BCUT2D eigenvalue weighted by molar-refractivity contribution is 7.11. The van der Waals surface area contributed by atoms with Gasteiger partial charge in [0.25, 0.3) is 0 Å². The van der Waals surface area contributed by atoms with Crippen LogP contribution in [0, 0.1) is 6.92 Å². The molecule has 2 rings (SSSR count). The minimum absolute atomic E-state index is 0.339. The Morgan fingerprint density at radius 1 is 1.57 bits per heavy atom. The third-order valence-electron chi connectivity index (χ3n) is 2.70. The molecule has 0 saturated carbocycles. The lowest BCUT2D eigenvalue weighted by atomic mass is 10.3. The lowest BCUT2D eigenvalue weighted by Gasteiger charge is -2.21. The molecule has 5 heteroatoms. The predicted molar refractivity (Wildman–Crippen MR) is 57.2 cm³/mol. The van der Waals surface area contributed by atoms with Gasteiger partial charge in [-0.05, 0) is 20.3 Å². The number of hydrogen-bond donors (Lipinski definition) is 1. The molecule has 1 aromatic rings. The van der Waals surface area contributed by atoms with Gasteiger partial charge in [-0.3, -0.25) is 4.90 Å². The zero-order chi connectivity index (χ0) is 10.1. The average molecular weight is 212 g/mol. The van der Waals surface area contributed by atoms with E-state index in [1.54, 1.807) is 11.3 Å². The summed E-state index contributed by atoms with van der Waals surface area (Å²) in [6, 6.07) is 0.709. The first kappa shape index (κ1) is 10.0. The topological polar surface area (TPSA) is 55.0 Å². The molecular formula is C9H16N4S. The first-order valence-corrected chi connectivity index (χ1v) is 5.78. The molecular weight excluding hydrogens is 196 g/mol. The van der Waals surface area contributed by atoms with Crippen LogP contribution >= 0.6 is 11.3 Å². The molecule has 4 nitrogen and oxygen atoms in total. The Hall–Kier alpha value is -0.520. The minimum Gasteiger partial charge on any atom is -0.326 e. The van der Waals surface area contributed by atoms with Gasteiger partial charge in [0.2, 0.25) is 0 Å². The second-order valence-electron chi connectivity index (χ2n) is 3.88. The summed E-state index contributed by atoms with van der Waals surface area (Å²) in [6.45, 7) is 6.24. The van der Waals surface area contributed by atoms with Crippen molar-refractivity contribution < 1.29 is 0 Å². The van der Waals surface area contributed by atoms with Crippen molar-refractivity contribution in [3.8, 4) is 0 Å². The smallest absolute Gasteiger partial charge is 0.134 e. The van der Waals surface area contributed by atoms with E-state index in [9.17, 15) is 0 Å². The van der Waals surface area contributed by atoms with Gasteiger partial charge >= 0.3 is 0 Å². The lowest BCUT2D eigenvalue weighted by molar-refractivity contribution is 0.258. The molecule has 2 heterocycles. The number of aromatic nitrogens is 2. The third kappa shape index (κ3) is 1.94. The maximum atomic E-state index is 5.87. The summed E-state index contributed by atoms with van der Waals surface area (Å²) < 4.78 is 0. The molecule has 0 aliphatic carbocycles. The van der Waals surface area contributed by atoms with E-state index >= 15 is 0 Å². The van der Waals surface area contributed by atoms with Crippen molar-refractivity contribution in [3.05, 3.63) is 10.0 Å². The van der Waals surface area contributed by atoms with Gasteiger partial charge in [-0.1, -0.05) is 0 Å². The van der Waals surface area contributed by atoms with Crippen molar-refractivity contribution in [1.29, 1.82) is 0 Å². The van der Waals surface area contributed by atoms with Gasteiger partial charge < -0.3 is 5.73 Å². The number of nitrogens with two attached hydrogens (primary N) is 1. The van der Waals surface area contributed by atoms with E-state index in [2.05, 4.69) is 22.0 Å². The normalized spacial score (nSPS) is 25.5. The van der Waals surface area contributed by atoms with E-state index in [0.717, 1.165) is 29.5 Å². The molecule has 2 atom stereocenters. The Morgan fingerprint density at radius 2 is 2.36 bits per heavy atom. The molecule has 0 amide bonds. The van der Waals surface area contributed by atoms with Crippen LogP contribution < -0.4 is 5.73 Å². The second-order valence-corrected chi connectivity index (χ2v) is 5.09. The second kappa shape index (κ2) is 3.92. The standard InChI is InChI=1S/C9H16N4S/c1-6(9-12-11-7(2)14-9)13-4-3-8(10)5-13/h6,8H,3-5,10H2,1-2H3. The fourth-order valence-electron chi connectivity index (χ4n) is 1.80. The molecule has 78 valence electrons. The average Bonchev–Trinajstić information content (AvgIpc) is 2.73. The van der Waals surface area contributed by atoms with Crippen molar-refractivity contribution in [2.75, 3.05) is 13.1 Å². The summed E-state index contributed by atoms with van der Waals surface area (Å²) >= 11 is 1.68. The zero-order valence-electron chi connectivity index (χ0n) is 8.60. The molecule has 1 aromatic heterocycles. The lowest BCUT2D eigenvalue weighted by Crippen LogP contribution is -2.28. The fourth-order valence-corrected chi connectivity index (χ4v) is 2.59. The summed E-state index contributed by atoms with van der Waals surface area (Å²) in [6.07, 6.45) is 1.10. The van der Waals surface area contributed by atoms with Crippen LogP contribution in [0.25, 0.3) is 0 Å². The Bertz CT molecular complexity index is 312. The first-order valence-electron chi connectivity index (χ1n) is 4.96. The molecule has 2 N–H and O–H groups in total. The van der Waals surface area contributed by atoms with Crippen LogP contribution in [0.3, 0.4) is 0 Å². The van der Waals surface area contributed by atoms with Gasteiger partial charge in [0.05, 0.1) is 6.04 Å². The summed E-state index contributed by atoms with van der Waals surface area (Å²) in [5.74, 6) is 0. The molecule has 1 aliphatic rings. The highest BCUT2D eigenvalue weighted by Gasteiger charge is 2.26. The zero-order valence-corrected chi connectivity index (χ0v) is 9.42. The maximum absolute atomic E-state index is 5.87. The van der Waals surface area contributed by atoms with Gasteiger partial charge in [0, 0.05) is 19.1 Å². The van der Waals surface area contributed by atoms with E-state index in [0.29, 0.717) is 12.1 Å². The largest absolute Gasteiger partial charge is 0.326 e. The molecule has 14 heavy (non-hydrogen) atoms. The van der Waals surface area contributed by atoms with Gasteiger partial charge in [-0.2, -0.15) is 0 Å². The Morgan fingerprint density at radius 3 is 2.86 bits per heavy atom. The highest BCUT2D eigenvalue weighted by Crippen LogP contribution is 2.25. The highest BCUT2D eigenvalue weighted by atomic mass is 32.1. The van der Waals surface area contributed by atoms with Crippen molar-refractivity contribution in [1.82, 2.24) is 15.1 Å². The molecule has 1 saturated heterocycles. The van der Waals surface area contributed by atoms with Crippen molar-refractivity contribution in [2.24, 2.45) is 5.73 Å². The predicted octanol–water partition coefficient (Wildman–Crippen LogP) is 0.941.